The Kier molecular flexibility index (Phi) is 16.8. The molecule has 3 aromatic carbocycles. The van der Waals surface area contributed by atoms with Gasteiger partial charge in [-0.2, -0.15) is 33.7 Å². The third-order valence-electron chi connectivity index (χ3n) is 4.78. The number of anilines is 1. The van der Waals surface area contributed by atoms with Crippen LogP contribution in [0.15, 0.2) is 62.0 Å². The first-order valence-corrected chi connectivity index (χ1v) is 15.0. The minimum Gasteiger partial charge on any atom is -0.321 e. The van der Waals surface area contributed by atoms with Gasteiger partial charge in [0.25, 0.3) is 52.1 Å². The van der Waals surface area contributed by atoms with Gasteiger partial charge in [0, 0.05) is 136 Å². The van der Waals surface area contributed by atoms with Crippen LogP contribution in [0.25, 0.3) is 10.8 Å². The van der Waals surface area contributed by atoms with Gasteiger partial charge in [0.2, 0.25) is 0 Å². The van der Waals surface area contributed by atoms with Gasteiger partial charge in [-0.25, -0.2) is 0 Å². The van der Waals surface area contributed by atoms with E-state index in [1.165, 1.54) is 0 Å². The molecule has 5 N–H and O–H groups in total. The number of nitrogens with zero attached hydrogens (tertiary/aromatic N) is 1. The zero-order valence-corrected chi connectivity index (χ0v) is 33.2. The fraction of sp³-hybridized carbons (Fsp3) is 0. The van der Waals surface area contributed by atoms with Crippen LogP contribution < -0.4 is 5.32 Å². The number of nitro groups is 1. The van der Waals surface area contributed by atoms with Gasteiger partial charge in [0.15, 0.2) is 0 Å². The maximum atomic E-state index is 12.9. The summed E-state index contributed by atoms with van der Waals surface area (Å²) in [7, 11) is -21.0. The molecule has 0 saturated carbocycles. The van der Waals surface area contributed by atoms with Crippen LogP contribution in [0.3, 0.4) is 0 Å². The molecular formula is C17H12N2Na4O15S4. The summed E-state index contributed by atoms with van der Waals surface area (Å²) in [5, 5.41) is 11.4. The van der Waals surface area contributed by atoms with Gasteiger partial charge in [-0.05, 0) is 35.7 Å². The Hall–Kier alpha value is 0.430. The first-order chi connectivity index (χ1) is 17.1. The van der Waals surface area contributed by atoms with E-state index < -0.39 is 98.6 Å². The molecule has 0 heterocycles. The van der Waals surface area contributed by atoms with Gasteiger partial charge >= 0.3 is 0 Å². The van der Waals surface area contributed by atoms with E-state index in [1.54, 1.807) is 0 Å². The van der Waals surface area contributed by atoms with Crippen LogP contribution in [0.4, 0.5) is 11.4 Å². The molecule has 0 aliphatic carbocycles. The fourth-order valence-corrected chi connectivity index (χ4v) is 5.87. The molecule has 0 spiro atoms. The number of carbonyl (C=O) groups is 1. The summed E-state index contributed by atoms with van der Waals surface area (Å²) in [6, 6.07) is 3.34. The summed E-state index contributed by atoms with van der Waals surface area (Å²) in [5.74, 6) is -1.53. The Bertz CT molecular complexity index is 2000. The van der Waals surface area contributed by atoms with Gasteiger partial charge < -0.3 is 5.32 Å². The summed E-state index contributed by atoms with van der Waals surface area (Å²) in [6.45, 7) is 0. The van der Waals surface area contributed by atoms with Crippen molar-refractivity contribution in [3.63, 3.8) is 0 Å². The molecule has 17 nitrogen and oxygen atoms in total. The van der Waals surface area contributed by atoms with E-state index in [0.717, 1.165) is 0 Å². The number of non-ortho nitro benzene ring substituents is 1. The molecule has 42 heavy (non-hydrogen) atoms. The van der Waals surface area contributed by atoms with Crippen molar-refractivity contribution in [3.8, 4) is 0 Å². The van der Waals surface area contributed by atoms with Crippen LogP contribution in [0.1, 0.15) is 10.4 Å². The third-order valence-corrected chi connectivity index (χ3v) is 8.21. The molecule has 3 rings (SSSR count). The number of amides is 1. The van der Waals surface area contributed by atoms with Gasteiger partial charge in [0.1, 0.15) is 9.79 Å². The minimum absolute atomic E-state index is 0. The smallest absolute Gasteiger partial charge is 0.295 e. The van der Waals surface area contributed by atoms with E-state index in [-0.39, 0.29) is 124 Å². The van der Waals surface area contributed by atoms with Crippen molar-refractivity contribution in [3.05, 3.63) is 58.1 Å². The van der Waals surface area contributed by atoms with Gasteiger partial charge in [-0.3, -0.25) is 33.1 Å². The van der Waals surface area contributed by atoms with Crippen LogP contribution in [0.5, 0.6) is 0 Å². The van der Waals surface area contributed by atoms with E-state index in [1.807, 2.05) is 5.32 Å². The molecule has 0 atom stereocenters. The Balaban J connectivity index is 0. The molecule has 0 fully saturated rings. The van der Waals surface area contributed by atoms with Crippen LogP contribution in [0.2, 0.25) is 0 Å². The molecule has 1 amide bonds. The molecule has 4 radical (unpaired) electrons. The van der Waals surface area contributed by atoms with E-state index in [4.69, 9.17) is 0 Å². The van der Waals surface area contributed by atoms with Gasteiger partial charge in [-0.1, -0.05) is 0 Å². The number of carbonyl (C=O) groups excluding carboxylic acids is 1. The minimum atomic E-state index is -5.38. The normalized spacial score (nSPS) is 11.6. The summed E-state index contributed by atoms with van der Waals surface area (Å²) < 4.78 is 132. The maximum Gasteiger partial charge on any atom is 0.295 e. The zero-order valence-electron chi connectivity index (χ0n) is 21.9. The summed E-state index contributed by atoms with van der Waals surface area (Å²) in [6.07, 6.45) is 0. The number of nitrogens with one attached hydrogen (secondary N) is 1. The molecule has 0 saturated heterocycles. The Labute approximate surface area is 326 Å². The largest absolute Gasteiger partial charge is 0.321 e. The van der Waals surface area contributed by atoms with Crippen molar-refractivity contribution in [1.29, 1.82) is 0 Å². The van der Waals surface area contributed by atoms with Crippen LogP contribution >= 0.6 is 0 Å². The second-order valence-electron chi connectivity index (χ2n) is 7.28. The van der Waals surface area contributed by atoms with Crippen molar-refractivity contribution in [2.75, 3.05) is 5.32 Å². The summed E-state index contributed by atoms with van der Waals surface area (Å²) in [5.41, 5.74) is -2.68. The maximum absolute atomic E-state index is 12.9. The topological polar surface area (TPSA) is 290 Å². The first-order valence-electron chi connectivity index (χ1n) is 9.22. The summed E-state index contributed by atoms with van der Waals surface area (Å²) >= 11 is 0. The Morgan fingerprint density at radius 1 is 0.667 bits per heavy atom. The molecule has 0 aliphatic heterocycles. The average Bonchev–Trinajstić information content (AvgIpc) is 2.75. The molecule has 0 bridgehead atoms. The quantitative estimate of drug-likeness (QED) is 0.0894. The number of benzene rings is 3. The predicted octanol–water partition coefficient (Wildman–Crippen LogP) is -0.536. The number of nitro benzene ring substituents is 1. The molecule has 25 heteroatoms. The van der Waals surface area contributed by atoms with Gasteiger partial charge in [0.05, 0.1) is 26.0 Å². The van der Waals surface area contributed by atoms with Crippen molar-refractivity contribution in [2.45, 2.75) is 19.6 Å². The molecule has 208 valence electrons. The van der Waals surface area contributed by atoms with Crippen molar-refractivity contribution < 1.29 is 61.6 Å². The van der Waals surface area contributed by atoms with Crippen LogP contribution in [0, 0.1) is 10.1 Å². The molecule has 0 aromatic heterocycles. The average molecular weight is 705 g/mol. The van der Waals surface area contributed by atoms with Crippen LogP contribution in [-0.2, 0) is 40.5 Å². The Morgan fingerprint density at radius 3 is 1.52 bits per heavy atom. The van der Waals surface area contributed by atoms with E-state index in [2.05, 4.69) is 0 Å². The number of rotatable bonds is 7. The molecular weight excluding hydrogens is 692 g/mol. The monoisotopic (exact) mass is 704 g/mol. The second-order valence-corrected chi connectivity index (χ2v) is 12.9. The molecule has 0 unspecified atom stereocenters. The molecule has 0 aliphatic rings. The van der Waals surface area contributed by atoms with Crippen molar-refractivity contribution in [1.82, 2.24) is 0 Å². The van der Waals surface area contributed by atoms with E-state index >= 15 is 0 Å². The fourth-order valence-electron chi connectivity index (χ4n) is 3.24. The van der Waals surface area contributed by atoms with E-state index in [9.17, 15) is 66.8 Å². The van der Waals surface area contributed by atoms with E-state index in [0.29, 0.717) is 36.4 Å². The zero-order chi connectivity index (χ0) is 29.0. The number of hydrogen-bond acceptors (Lipinski definition) is 11. The van der Waals surface area contributed by atoms with Crippen molar-refractivity contribution in [2.24, 2.45) is 0 Å². The Morgan fingerprint density at radius 2 is 1.12 bits per heavy atom. The number of fused-ring (bicyclic) bond motifs is 1. The van der Waals surface area contributed by atoms with Gasteiger partial charge in [-0.15, -0.1) is 0 Å². The standard InChI is InChI=1S/C17H12N2O15S4.4Na/c20-17(12-2-1-9(19(21)22)5-14(12)37(29,30)31)18-13-6-10(35(23,24)25)3-8-4-11(36(26,27)28)7-15(16(8)13)38(32,33)34;;;;/h1-7H,(H,18,20)(H,23,24,25)(H,26,27,28)(H,29,30,31)(H,32,33,34);;;;. The first kappa shape index (κ1) is 44.6. The molecule has 3 aromatic rings. The third kappa shape index (κ3) is 10.5. The summed E-state index contributed by atoms with van der Waals surface area (Å²) in [4.78, 5) is 18.1. The SMILES string of the molecule is O=C(Nc1cc(S(=O)(=O)O)cc2cc(S(=O)(=O)O)cc(S(=O)(=O)O)c12)c1ccc([N+](=O)[O-])cc1S(=O)(=O)O.[Na].[Na].[Na].[Na]. The van der Waals surface area contributed by atoms with Crippen LogP contribution in [-0.4, -0.2) is 181 Å². The number of hydrogen-bond donors (Lipinski definition) is 5. The van der Waals surface area contributed by atoms with Crippen molar-refractivity contribution >= 4 is 187 Å². The second kappa shape index (κ2) is 15.8. The predicted molar refractivity (Wildman–Crippen MR) is 147 cm³/mol.